The number of fused-ring (bicyclic) bond motifs is 2. The van der Waals surface area contributed by atoms with E-state index in [1.807, 2.05) is 48.8 Å². The van der Waals surface area contributed by atoms with E-state index in [9.17, 15) is 4.79 Å². The van der Waals surface area contributed by atoms with Crippen LogP contribution in [0.2, 0.25) is 0 Å². The summed E-state index contributed by atoms with van der Waals surface area (Å²) in [5.74, 6) is 0. The van der Waals surface area contributed by atoms with Gasteiger partial charge in [0.05, 0.1) is 22.5 Å². The molecular weight excluding hydrogens is 388 g/mol. The van der Waals surface area contributed by atoms with Crippen LogP contribution in [0.4, 0.5) is 5.69 Å². The zero-order valence-corrected chi connectivity index (χ0v) is 18.6. The number of anilines is 1. The van der Waals surface area contributed by atoms with Crippen LogP contribution in [0.25, 0.3) is 27.6 Å². The van der Waals surface area contributed by atoms with Gasteiger partial charge in [0.1, 0.15) is 5.58 Å². The Morgan fingerprint density at radius 1 is 1.13 bits per heavy atom. The van der Waals surface area contributed by atoms with Gasteiger partial charge in [0.15, 0.2) is 0 Å². The summed E-state index contributed by atoms with van der Waals surface area (Å²) in [4.78, 5) is 22.3. The van der Waals surface area contributed by atoms with Crippen LogP contribution in [0.15, 0.2) is 51.9 Å². The quantitative estimate of drug-likeness (QED) is 0.467. The summed E-state index contributed by atoms with van der Waals surface area (Å²) in [6.07, 6.45) is 3.94. The molecule has 5 rings (SSSR count). The maximum absolute atomic E-state index is 12.9. The Hall–Kier alpha value is -3.12. The highest BCUT2D eigenvalue weighted by molar-refractivity contribution is 5.85. The Labute approximate surface area is 181 Å². The zero-order chi connectivity index (χ0) is 21.7. The summed E-state index contributed by atoms with van der Waals surface area (Å²) in [5.41, 5.74) is 5.73. The number of piperazine rings is 1. The summed E-state index contributed by atoms with van der Waals surface area (Å²) >= 11 is 0. The molecule has 0 aliphatic carbocycles. The van der Waals surface area contributed by atoms with E-state index >= 15 is 0 Å². The van der Waals surface area contributed by atoms with Crippen molar-refractivity contribution in [1.82, 2.24) is 14.3 Å². The fourth-order valence-electron chi connectivity index (χ4n) is 4.77. The second-order valence-electron chi connectivity index (χ2n) is 8.58. The lowest BCUT2D eigenvalue weighted by atomic mass is 10.1. The van der Waals surface area contributed by atoms with E-state index in [4.69, 9.17) is 4.42 Å². The van der Waals surface area contributed by atoms with Crippen LogP contribution in [-0.4, -0.2) is 46.5 Å². The summed E-state index contributed by atoms with van der Waals surface area (Å²) in [5, 5.41) is 0.930. The third-order valence-corrected chi connectivity index (χ3v) is 6.46. The predicted octanol–water partition coefficient (Wildman–Crippen LogP) is 4.25. The first-order valence-electron chi connectivity index (χ1n) is 11.0. The molecule has 1 saturated heterocycles. The average molecular weight is 417 g/mol. The standard InChI is InChI=1S/C25H28N4O2/c1-5-27-8-9-28(14-17(27)3)21-7-6-19-10-22(25(30)31-24(19)12-21)20-11-23-18(4)26-16(2)13-29(23)15-20/h6-7,10-13,15,17H,5,8-9,14H2,1-4H3. The zero-order valence-electron chi connectivity index (χ0n) is 18.6. The fraction of sp³-hybridized carbons (Fsp3) is 0.360. The molecule has 1 aliphatic rings. The molecule has 6 heteroatoms. The molecule has 3 aromatic heterocycles. The van der Waals surface area contributed by atoms with Gasteiger partial charge in [-0.2, -0.15) is 0 Å². The minimum Gasteiger partial charge on any atom is -0.422 e. The minimum absolute atomic E-state index is 0.313. The van der Waals surface area contributed by atoms with Gasteiger partial charge in [-0.05, 0) is 51.6 Å². The molecule has 0 amide bonds. The fourth-order valence-corrected chi connectivity index (χ4v) is 4.77. The lowest BCUT2D eigenvalue weighted by Crippen LogP contribution is -2.51. The monoisotopic (exact) mass is 416 g/mol. The molecule has 1 aliphatic heterocycles. The minimum atomic E-state index is -0.313. The summed E-state index contributed by atoms with van der Waals surface area (Å²) < 4.78 is 7.80. The number of aryl methyl sites for hydroxylation is 2. The Bertz CT molecular complexity index is 1340. The molecule has 1 atom stereocenters. The number of likely N-dealkylation sites (N-methyl/N-ethyl adjacent to an activating group) is 1. The van der Waals surface area contributed by atoms with Crippen LogP contribution in [0.3, 0.4) is 0 Å². The van der Waals surface area contributed by atoms with Gasteiger partial charge < -0.3 is 13.7 Å². The second kappa shape index (κ2) is 7.54. The smallest absolute Gasteiger partial charge is 0.344 e. The van der Waals surface area contributed by atoms with E-state index in [1.54, 1.807) is 0 Å². The van der Waals surface area contributed by atoms with E-state index in [-0.39, 0.29) is 5.63 Å². The maximum Gasteiger partial charge on any atom is 0.344 e. The van der Waals surface area contributed by atoms with E-state index < -0.39 is 0 Å². The molecule has 4 aromatic rings. The van der Waals surface area contributed by atoms with Crippen LogP contribution >= 0.6 is 0 Å². The number of hydrogen-bond acceptors (Lipinski definition) is 5. The lowest BCUT2D eigenvalue weighted by molar-refractivity contribution is 0.199. The van der Waals surface area contributed by atoms with Crippen molar-refractivity contribution in [3.8, 4) is 11.1 Å². The van der Waals surface area contributed by atoms with Crippen molar-refractivity contribution in [2.24, 2.45) is 0 Å². The van der Waals surface area contributed by atoms with Crippen molar-refractivity contribution in [2.45, 2.75) is 33.7 Å². The average Bonchev–Trinajstić information content (AvgIpc) is 3.17. The summed E-state index contributed by atoms with van der Waals surface area (Å²) in [7, 11) is 0. The van der Waals surface area contributed by atoms with Gasteiger partial charge >= 0.3 is 5.63 Å². The van der Waals surface area contributed by atoms with Gasteiger partial charge in [0.25, 0.3) is 0 Å². The molecule has 1 unspecified atom stereocenters. The Kier molecular flexibility index (Phi) is 4.82. The highest BCUT2D eigenvalue weighted by Gasteiger charge is 2.23. The Morgan fingerprint density at radius 3 is 2.74 bits per heavy atom. The lowest BCUT2D eigenvalue weighted by Gasteiger charge is -2.40. The van der Waals surface area contributed by atoms with Crippen LogP contribution in [0, 0.1) is 13.8 Å². The van der Waals surface area contributed by atoms with E-state index in [0.29, 0.717) is 17.2 Å². The third kappa shape index (κ3) is 3.51. The summed E-state index contributed by atoms with van der Waals surface area (Å²) in [6.45, 7) is 12.5. The van der Waals surface area contributed by atoms with Crippen molar-refractivity contribution in [3.63, 3.8) is 0 Å². The number of hydrogen-bond donors (Lipinski definition) is 0. The van der Waals surface area contributed by atoms with Gasteiger partial charge in [-0.1, -0.05) is 6.92 Å². The van der Waals surface area contributed by atoms with Crippen molar-refractivity contribution in [3.05, 3.63) is 64.5 Å². The van der Waals surface area contributed by atoms with Crippen molar-refractivity contribution in [1.29, 1.82) is 0 Å². The van der Waals surface area contributed by atoms with Gasteiger partial charge in [0.2, 0.25) is 0 Å². The topological polar surface area (TPSA) is 54.0 Å². The van der Waals surface area contributed by atoms with Crippen LogP contribution < -0.4 is 10.5 Å². The van der Waals surface area contributed by atoms with Gasteiger partial charge in [0, 0.05) is 60.8 Å². The third-order valence-electron chi connectivity index (χ3n) is 6.46. The van der Waals surface area contributed by atoms with Crippen molar-refractivity contribution >= 4 is 22.2 Å². The van der Waals surface area contributed by atoms with E-state index in [0.717, 1.165) is 59.7 Å². The molecule has 1 aromatic carbocycles. The molecule has 6 nitrogen and oxygen atoms in total. The number of nitrogens with zero attached hydrogens (tertiary/aromatic N) is 4. The van der Waals surface area contributed by atoms with Crippen LogP contribution in [-0.2, 0) is 0 Å². The first-order chi connectivity index (χ1) is 14.9. The molecule has 0 saturated carbocycles. The first kappa shape index (κ1) is 19.8. The van der Waals surface area contributed by atoms with E-state index in [1.165, 1.54) is 0 Å². The van der Waals surface area contributed by atoms with Crippen LogP contribution in [0.5, 0.6) is 0 Å². The highest BCUT2D eigenvalue weighted by atomic mass is 16.4. The Balaban J connectivity index is 1.51. The van der Waals surface area contributed by atoms with Crippen LogP contribution in [0.1, 0.15) is 25.2 Å². The molecular formula is C25H28N4O2. The van der Waals surface area contributed by atoms with Gasteiger partial charge in [-0.3, -0.25) is 9.88 Å². The largest absolute Gasteiger partial charge is 0.422 e. The molecule has 4 heterocycles. The molecule has 1 fully saturated rings. The molecule has 0 N–H and O–H groups in total. The number of rotatable bonds is 3. The van der Waals surface area contributed by atoms with Crippen molar-refractivity contribution < 1.29 is 4.42 Å². The highest BCUT2D eigenvalue weighted by Crippen LogP contribution is 2.28. The Morgan fingerprint density at radius 2 is 1.97 bits per heavy atom. The van der Waals surface area contributed by atoms with Gasteiger partial charge in [-0.25, -0.2) is 4.79 Å². The molecule has 0 bridgehead atoms. The number of benzene rings is 1. The predicted molar refractivity (Wildman–Crippen MR) is 125 cm³/mol. The molecule has 0 spiro atoms. The SMILES string of the molecule is CCN1CCN(c2ccc3cc(-c4cc5c(C)nc(C)cn5c4)c(=O)oc3c2)CC1C. The van der Waals surface area contributed by atoms with E-state index in [2.05, 4.69) is 40.8 Å². The van der Waals surface area contributed by atoms with Gasteiger partial charge in [-0.15, -0.1) is 0 Å². The molecule has 31 heavy (non-hydrogen) atoms. The molecule has 0 radical (unpaired) electrons. The maximum atomic E-state index is 12.9. The first-order valence-corrected chi connectivity index (χ1v) is 11.0. The van der Waals surface area contributed by atoms with Crippen molar-refractivity contribution in [2.75, 3.05) is 31.1 Å². The summed E-state index contributed by atoms with van der Waals surface area (Å²) in [6, 6.07) is 10.6. The second-order valence-corrected chi connectivity index (χ2v) is 8.58. The molecule has 160 valence electrons. The number of aromatic nitrogens is 2. The normalized spacial score (nSPS) is 17.7.